The minimum absolute atomic E-state index is 0.0151. The fourth-order valence-electron chi connectivity index (χ4n) is 1.55. The molecular weight excluding hydrogens is 237 g/mol. The molecule has 1 saturated carbocycles. The predicted molar refractivity (Wildman–Crippen MR) is 53.1 cm³/mol. The first kappa shape index (κ1) is 11.7. The van der Waals surface area contributed by atoms with E-state index >= 15 is 0 Å². The Labute approximate surface area is 94.8 Å². The summed E-state index contributed by atoms with van der Waals surface area (Å²) in [5.41, 5.74) is 5.29. The van der Waals surface area contributed by atoms with Gasteiger partial charge in [0.05, 0.1) is 0 Å². The highest BCUT2D eigenvalue weighted by Crippen LogP contribution is 2.31. The van der Waals surface area contributed by atoms with Crippen molar-refractivity contribution in [1.29, 1.82) is 0 Å². The molecule has 1 aromatic rings. The molecular formula is C9H11F3N4O. The van der Waals surface area contributed by atoms with Gasteiger partial charge in [-0.05, 0) is 12.8 Å². The number of aromatic amines is 1. The number of alkyl halides is 3. The van der Waals surface area contributed by atoms with Crippen molar-refractivity contribution in [2.75, 3.05) is 12.3 Å². The van der Waals surface area contributed by atoms with E-state index in [9.17, 15) is 18.0 Å². The van der Waals surface area contributed by atoms with Crippen molar-refractivity contribution in [3.8, 4) is 0 Å². The second-order valence-corrected chi connectivity index (χ2v) is 3.99. The molecule has 3 N–H and O–H groups in total. The van der Waals surface area contributed by atoms with Gasteiger partial charge in [-0.3, -0.25) is 9.89 Å². The number of hydrogen-bond donors (Lipinski definition) is 2. The van der Waals surface area contributed by atoms with Gasteiger partial charge in [-0.15, -0.1) is 0 Å². The van der Waals surface area contributed by atoms with Crippen molar-refractivity contribution >= 4 is 11.7 Å². The summed E-state index contributed by atoms with van der Waals surface area (Å²) in [5.74, 6) is -0.634. The summed E-state index contributed by atoms with van der Waals surface area (Å²) in [6.45, 7) is -1.24. The van der Waals surface area contributed by atoms with E-state index in [0.717, 1.165) is 4.90 Å². The van der Waals surface area contributed by atoms with Gasteiger partial charge in [0.2, 0.25) is 0 Å². The number of halogens is 3. The van der Waals surface area contributed by atoms with Crippen LogP contribution >= 0.6 is 0 Å². The third kappa shape index (κ3) is 2.89. The lowest BCUT2D eigenvalue weighted by Crippen LogP contribution is -2.40. The van der Waals surface area contributed by atoms with Gasteiger partial charge >= 0.3 is 6.18 Å². The number of hydrogen-bond acceptors (Lipinski definition) is 3. The molecule has 0 radical (unpaired) electrons. The largest absolute Gasteiger partial charge is 0.406 e. The molecule has 8 heteroatoms. The van der Waals surface area contributed by atoms with E-state index in [1.807, 2.05) is 0 Å². The molecule has 1 aliphatic rings. The van der Waals surface area contributed by atoms with Crippen LogP contribution in [0.5, 0.6) is 0 Å². The van der Waals surface area contributed by atoms with E-state index in [-0.39, 0.29) is 17.6 Å². The van der Waals surface area contributed by atoms with Crippen molar-refractivity contribution in [3.63, 3.8) is 0 Å². The van der Waals surface area contributed by atoms with E-state index in [1.165, 1.54) is 6.07 Å². The van der Waals surface area contributed by atoms with Gasteiger partial charge in [-0.25, -0.2) is 0 Å². The quantitative estimate of drug-likeness (QED) is 0.842. The Balaban J connectivity index is 2.13. The van der Waals surface area contributed by atoms with E-state index < -0.39 is 18.6 Å². The van der Waals surface area contributed by atoms with Crippen molar-refractivity contribution in [2.45, 2.75) is 25.1 Å². The van der Waals surface area contributed by atoms with Crippen molar-refractivity contribution < 1.29 is 18.0 Å². The summed E-state index contributed by atoms with van der Waals surface area (Å²) < 4.78 is 37.0. The maximum atomic E-state index is 12.3. The molecule has 1 aliphatic carbocycles. The minimum Gasteiger partial charge on any atom is -0.382 e. The normalized spacial score (nSPS) is 15.9. The summed E-state index contributed by atoms with van der Waals surface area (Å²) in [6, 6.07) is 0.905. The third-order valence-electron chi connectivity index (χ3n) is 2.43. The van der Waals surface area contributed by atoms with Crippen LogP contribution < -0.4 is 5.73 Å². The van der Waals surface area contributed by atoms with Gasteiger partial charge in [0.25, 0.3) is 5.91 Å². The topological polar surface area (TPSA) is 75.0 Å². The van der Waals surface area contributed by atoms with Crippen LogP contribution in [0.4, 0.5) is 19.0 Å². The molecule has 0 saturated heterocycles. The molecule has 0 bridgehead atoms. The monoisotopic (exact) mass is 248 g/mol. The summed E-state index contributed by atoms with van der Waals surface area (Å²) in [7, 11) is 0. The zero-order chi connectivity index (χ0) is 12.6. The molecule has 0 aliphatic heterocycles. The number of nitrogens with two attached hydrogens (primary N) is 1. The van der Waals surface area contributed by atoms with Gasteiger partial charge in [0, 0.05) is 12.1 Å². The molecule has 94 valence electrons. The summed E-state index contributed by atoms with van der Waals surface area (Å²) >= 11 is 0. The number of rotatable bonds is 3. The highest BCUT2D eigenvalue weighted by Gasteiger charge is 2.41. The predicted octanol–water partition coefficient (Wildman–Crippen LogP) is 1.16. The Bertz CT molecular complexity index is 424. The molecule has 0 unspecified atom stereocenters. The number of amides is 1. The van der Waals surface area contributed by atoms with Crippen LogP contribution in [0.15, 0.2) is 6.07 Å². The van der Waals surface area contributed by atoms with Gasteiger partial charge in [0.1, 0.15) is 18.1 Å². The standard InChI is InChI=1S/C9H11F3N4O/c10-9(11,12)4-16(5-1-2-5)8(17)6-3-7(13)15-14-6/h3,5H,1-2,4H2,(H3,13,14,15). The lowest BCUT2D eigenvalue weighted by Gasteiger charge is -2.22. The Morgan fingerprint density at radius 3 is 2.65 bits per heavy atom. The zero-order valence-corrected chi connectivity index (χ0v) is 8.79. The highest BCUT2D eigenvalue weighted by molar-refractivity contribution is 5.93. The van der Waals surface area contributed by atoms with Gasteiger partial charge in [-0.2, -0.15) is 18.3 Å². The van der Waals surface area contributed by atoms with Crippen LogP contribution in [0.25, 0.3) is 0 Å². The first-order valence-corrected chi connectivity index (χ1v) is 5.05. The summed E-state index contributed by atoms with van der Waals surface area (Å²) in [6.07, 6.45) is -3.19. The number of anilines is 1. The molecule has 1 heterocycles. The summed E-state index contributed by atoms with van der Waals surface area (Å²) in [4.78, 5) is 12.6. The number of H-pyrrole nitrogens is 1. The first-order chi connectivity index (χ1) is 7.87. The molecule has 0 aromatic carbocycles. The van der Waals surface area contributed by atoms with Crippen molar-refractivity contribution in [3.05, 3.63) is 11.8 Å². The fraction of sp³-hybridized carbons (Fsp3) is 0.556. The average Bonchev–Trinajstić information content (AvgIpc) is 2.96. The first-order valence-electron chi connectivity index (χ1n) is 5.05. The molecule has 2 rings (SSSR count). The van der Waals surface area contributed by atoms with Gasteiger partial charge < -0.3 is 10.6 Å². The number of carbonyl (C=O) groups is 1. The Kier molecular flexibility index (Phi) is 2.72. The van der Waals surface area contributed by atoms with E-state index in [4.69, 9.17) is 5.73 Å². The minimum atomic E-state index is -4.40. The van der Waals surface area contributed by atoms with E-state index in [2.05, 4.69) is 10.2 Å². The van der Waals surface area contributed by atoms with Crippen LogP contribution in [-0.4, -0.2) is 39.8 Å². The molecule has 5 nitrogen and oxygen atoms in total. The average molecular weight is 248 g/mol. The number of carbonyl (C=O) groups excluding carboxylic acids is 1. The Hall–Kier alpha value is -1.73. The Morgan fingerprint density at radius 1 is 1.59 bits per heavy atom. The van der Waals surface area contributed by atoms with Crippen LogP contribution in [0.2, 0.25) is 0 Å². The van der Waals surface area contributed by atoms with Crippen LogP contribution in [-0.2, 0) is 0 Å². The summed E-state index contributed by atoms with van der Waals surface area (Å²) in [5, 5.41) is 5.84. The third-order valence-corrected chi connectivity index (χ3v) is 2.43. The van der Waals surface area contributed by atoms with Gasteiger partial charge in [-0.1, -0.05) is 0 Å². The van der Waals surface area contributed by atoms with E-state index in [0.29, 0.717) is 12.8 Å². The number of aromatic nitrogens is 2. The van der Waals surface area contributed by atoms with Crippen molar-refractivity contribution in [2.24, 2.45) is 0 Å². The smallest absolute Gasteiger partial charge is 0.382 e. The number of nitrogens with zero attached hydrogens (tertiary/aromatic N) is 2. The maximum Gasteiger partial charge on any atom is 0.406 e. The van der Waals surface area contributed by atoms with E-state index in [1.54, 1.807) is 0 Å². The van der Waals surface area contributed by atoms with Crippen LogP contribution in [0.1, 0.15) is 23.3 Å². The van der Waals surface area contributed by atoms with Gasteiger partial charge in [0.15, 0.2) is 0 Å². The number of nitrogen functional groups attached to an aromatic ring is 1. The van der Waals surface area contributed by atoms with Crippen LogP contribution in [0, 0.1) is 0 Å². The maximum absolute atomic E-state index is 12.3. The van der Waals surface area contributed by atoms with Crippen LogP contribution in [0.3, 0.4) is 0 Å². The molecule has 1 aromatic heterocycles. The zero-order valence-electron chi connectivity index (χ0n) is 8.79. The molecule has 1 amide bonds. The molecule has 17 heavy (non-hydrogen) atoms. The highest BCUT2D eigenvalue weighted by atomic mass is 19.4. The van der Waals surface area contributed by atoms with Crippen molar-refractivity contribution in [1.82, 2.24) is 15.1 Å². The Morgan fingerprint density at radius 2 is 2.24 bits per heavy atom. The molecule has 0 atom stereocenters. The second kappa shape index (κ2) is 3.94. The lowest BCUT2D eigenvalue weighted by atomic mass is 10.3. The SMILES string of the molecule is Nc1cc(C(=O)N(CC(F)(F)F)C2CC2)[nH]n1. The number of nitrogens with one attached hydrogen (secondary N) is 1. The fourth-order valence-corrected chi connectivity index (χ4v) is 1.55. The second-order valence-electron chi connectivity index (χ2n) is 3.99. The lowest BCUT2D eigenvalue weighted by molar-refractivity contribution is -0.141. The molecule has 0 spiro atoms. The molecule has 1 fully saturated rings.